The quantitative estimate of drug-likeness (QED) is 0.581. The summed E-state index contributed by atoms with van der Waals surface area (Å²) >= 11 is 0.994. The number of hydrogen-bond acceptors (Lipinski definition) is 5. The first-order chi connectivity index (χ1) is 11.4. The molecule has 0 saturated carbocycles. The maximum absolute atomic E-state index is 12.6. The van der Waals surface area contributed by atoms with Crippen molar-refractivity contribution in [2.45, 2.75) is 6.18 Å². The van der Waals surface area contributed by atoms with Crippen molar-refractivity contribution in [3.05, 3.63) is 71.7 Å². The van der Waals surface area contributed by atoms with Crippen molar-refractivity contribution >= 4 is 24.2 Å². The average Bonchev–Trinajstić information content (AvgIpc) is 3.19. The highest BCUT2D eigenvalue weighted by atomic mass is 32.1. The molecule has 0 spiro atoms. The van der Waals surface area contributed by atoms with Gasteiger partial charge in [0.2, 0.25) is 10.9 Å². The van der Waals surface area contributed by atoms with Crippen LogP contribution in [-0.2, 0) is 6.18 Å². The summed E-state index contributed by atoms with van der Waals surface area (Å²) in [4.78, 5) is 32.8. The highest BCUT2D eigenvalue weighted by Crippen LogP contribution is 2.28. The van der Waals surface area contributed by atoms with Crippen LogP contribution in [0, 0.1) is 10.7 Å². The van der Waals surface area contributed by atoms with Gasteiger partial charge in [0, 0.05) is 11.7 Å². The molecule has 24 heavy (non-hydrogen) atoms. The van der Waals surface area contributed by atoms with E-state index >= 15 is 0 Å². The van der Waals surface area contributed by atoms with Gasteiger partial charge in [-0.2, -0.15) is 13.2 Å². The maximum Gasteiger partial charge on any atom is 0.449 e. The second-order valence-electron chi connectivity index (χ2n) is 5.16. The Hall–Kier alpha value is -2.69. The lowest BCUT2D eigenvalue weighted by Crippen LogP contribution is -2.47. The van der Waals surface area contributed by atoms with Crippen molar-refractivity contribution in [3.63, 3.8) is 0 Å². The zero-order valence-corrected chi connectivity index (χ0v) is 12.5. The standard InChI is InChI=1S/C13H6BF3N4O2S/c15-13(16,17)5-1-3-6(4-2-5)14-18-7-8(19-14)12(23)10-9(11(7)22)20-24-21-10/h1-4,20-21H. The number of halogens is 3. The molecule has 3 aliphatic rings. The van der Waals surface area contributed by atoms with Crippen molar-refractivity contribution in [1.82, 2.24) is 8.75 Å². The largest absolute Gasteiger partial charge is 0.449 e. The van der Waals surface area contributed by atoms with E-state index in [0.29, 0.717) is 5.46 Å². The topological polar surface area (TPSA) is 90.4 Å². The Labute approximate surface area is 134 Å². The van der Waals surface area contributed by atoms with Crippen molar-refractivity contribution < 1.29 is 13.2 Å². The number of aromatic nitrogens is 2. The van der Waals surface area contributed by atoms with E-state index in [4.69, 9.17) is 0 Å². The third-order valence-electron chi connectivity index (χ3n) is 3.70. The van der Waals surface area contributed by atoms with Gasteiger partial charge in [0.05, 0.1) is 5.56 Å². The molecule has 0 aromatic heterocycles. The van der Waals surface area contributed by atoms with Gasteiger partial charge >= 0.3 is 13.2 Å². The van der Waals surface area contributed by atoms with Gasteiger partial charge in [-0.15, -0.1) is 0 Å². The number of alkyl halides is 3. The number of hydrogen-bond donors (Lipinski definition) is 2. The van der Waals surface area contributed by atoms with Gasteiger partial charge in [0.25, 0.3) is 0 Å². The molecule has 2 aliphatic heterocycles. The van der Waals surface area contributed by atoms with Gasteiger partial charge in [-0.1, -0.05) is 24.3 Å². The second-order valence-corrected chi connectivity index (χ2v) is 5.78. The molecular weight excluding hydrogens is 344 g/mol. The number of fused-ring (bicyclic) bond motifs is 1. The summed E-state index contributed by atoms with van der Waals surface area (Å²) < 4.78 is 43.2. The molecule has 2 N–H and O–H groups in total. The molecule has 1 aliphatic carbocycles. The van der Waals surface area contributed by atoms with E-state index in [1.54, 1.807) is 0 Å². The molecule has 4 rings (SSSR count). The van der Waals surface area contributed by atoms with Crippen LogP contribution in [-0.4, -0.2) is 15.7 Å². The number of H-pyrrole nitrogens is 2. The number of rotatable bonds is 1. The first-order valence-electron chi connectivity index (χ1n) is 6.71. The Kier molecular flexibility index (Phi) is 3.04. The minimum absolute atomic E-state index is 0.0690. The van der Waals surface area contributed by atoms with Gasteiger partial charge < -0.3 is 9.81 Å². The third kappa shape index (κ3) is 2.12. The zero-order chi connectivity index (χ0) is 17.1. The van der Waals surface area contributed by atoms with Crippen LogP contribution in [0.3, 0.4) is 0 Å². The minimum atomic E-state index is -4.44. The van der Waals surface area contributed by atoms with Crippen molar-refractivity contribution in [1.29, 1.82) is 0 Å². The number of benzene rings is 1. The fraction of sp³-hybridized carbons (Fsp3) is 0.0769. The summed E-state index contributed by atoms with van der Waals surface area (Å²) in [5.41, 5.74) is -1.35. The van der Waals surface area contributed by atoms with E-state index < -0.39 is 29.6 Å². The molecule has 1 aromatic rings. The molecule has 0 atom stereocenters. The predicted octanol–water partition coefficient (Wildman–Crippen LogP) is -0.484. The Morgan fingerprint density at radius 2 is 1.42 bits per heavy atom. The molecule has 0 radical (unpaired) electrons. The fourth-order valence-electron chi connectivity index (χ4n) is 2.51. The summed E-state index contributed by atoms with van der Waals surface area (Å²) in [7, 11) is 0. The number of nitrogens with zero attached hydrogens (tertiary/aromatic N) is 2. The van der Waals surface area contributed by atoms with Crippen LogP contribution in [0.2, 0.25) is 0 Å². The molecule has 0 saturated heterocycles. The van der Waals surface area contributed by atoms with E-state index in [1.165, 1.54) is 12.1 Å². The molecule has 11 heteroatoms. The third-order valence-corrected chi connectivity index (χ3v) is 4.32. The lowest BCUT2D eigenvalue weighted by atomic mass is 9.70. The Balaban J connectivity index is 1.88. The van der Waals surface area contributed by atoms with E-state index in [0.717, 1.165) is 23.9 Å². The van der Waals surface area contributed by atoms with Crippen LogP contribution in [0.4, 0.5) is 13.2 Å². The summed E-state index contributed by atoms with van der Waals surface area (Å²) in [5.74, 6) is 0. The second kappa shape index (κ2) is 4.90. The van der Waals surface area contributed by atoms with Gasteiger partial charge in [-0.3, -0.25) is 18.3 Å². The maximum atomic E-state index is 12.6. The Bertz CT molecular complexity index is 1180. The van der Waals surface area contributed by atoms with Gasteiger partial charge in [-0.05, 0) is 5.46 Å². The van der Waals surface area contributed by atoms with Crippen molar-refractivity contribution in [2.24, 2.45) is 9.81 Å². The summed E-state index contributed by atoms with van der Waals surface area (Å²) in [6, 6.07) is 4.31. The summed E-state index contributed by atoms with van der Waals surface area (Å²) in [6.07, 6.45) is -4.44. The van der Waals surface area contributed by atoms with Gasteiger partial charge in [0.1, 0.15) is 21.4 Å². The van der Waals surface area contributed by atoms with Crippen LogP contribution >= 0.6 is 11.7 Å². The van der Waals surface area contributed by atoms with Crippen LogP contribution in [0.15, 0.2) is 43.7 Å². The van der Waals surface area contributed by atoms with Crippen molar-refractivity contribution in [2.75, 3.05) is 0 Å². The predicted molar refractivity (Wildman–Crippen MR) is 80.0 cm³/mol. The molecule has 0 bridgehead atoms. The van der Waals surface area contributed by atoms with E-state index in [2.05, 4.69) is 18.6 Å². The van der Waals surface area contributed by atoms with E-state index in [1.807, 2.05) is 0 Å². The van der Waals surface area contributed by atoms with E-state index in [-0.39, 0.29) is 21.4 Å². The Morgan fingerprint density at radius 3 is 1.88 bits per heavy atom. The number of aromatic amines is 2. The molecule has 0 unspecified atom stereocenters. The first kappa shape index (κ1) is 14.9. The van der Waals surface area contributed by atoms with Crippen LogP contribution in [0.5, 0.6) is 0 Å². The molecule has 0 fully saturated rings. The molecule has 2 heterocycles. The first-order valence-corrected chi connectivity index (χ1v) is 7.52. The summed E-state index contributed by atoms with van der Waals surface area (Å²) in [5, 5.41) is 0.104. The molecule has 1 aromatic carbocycles. The minimum Gasteiger partial charge on any atom is -0.303 e. The Morgan fingerprint density at radius 1 is 0.917 bits per heavy atom. The molecular formula is C13H6BF3N4O2S. The zero-order valence-electron chi connectivity index (χ0n) is 11.6. The normalized spacial score (nSPS) is 13.7. The molecule has 120 valence electrons. The lowest BCUT2D eigenvalue weighted by molar-refractivity contribution is -0.137. The van der Waals surface area contributed by atoms with Crippen molar-refractivity contribution in [3.8, 4) is 0 Å². The lowest BCUT2D eigenvalue weighted by Gasteiger charge is -2.07. The van der Waals surface area contributed by atoms with Gasteiger partial charge in [-0.25, -0.2) is 0 Å². The summed E-state index contributed by atoms with van der Waals surface area (Å²) in [6.45, 7) is -0.905. The monoisotopic (exact) mass is 350 g/mol. The highest BCUT2D eigenvalue weighted by Gasteiger charge is 2.31. The molecule has 6 nitrogen and oxygen atoms in total. The number of nitrogens with one attached hydrogen (secondary N) is 2. The highest BCUT2D eigenvalue weighted by molar-refractivity contribution is 6.98. The SMILES string of the molecule is O=c1c2[nH]s[nH]c=2c(=O)c2c1=NB(c1ccc(C(F)(F)F)cc1)N=2. The van der Waals surface area contributed by atoms with E-state index in [9.17, 15) is 22.8 Å². The van der Waals surface area contributed by atoms with Crippen LogP contribution < -0.4 is 27.0 Å². The van der Waals surface area contributed by atoms with Gasteiger partial charge in [0.15, 0.2) is 0 Å². The fourth-order valence-corrected chi connectivity index (χ4v) is 3.15. The smallest absolute Gasteiger partial charge is 0.303 e. The molecule has 0 amide bonds. The average molecular weight is 350 g/mol. The van der Waals surface area contributed by atoms with Crippen LogP contribution in [0.25, 0.3) is 0 Å². The van der Waals surface area contributed by atoms with Crippen LogP contribution in [0.1, 0.15) is 5.56 Å².